The van der Waals surface area contributed by atoms with Gasteiger partial charge < -0.3 is 24.2 Å². The van der Waals surface area contributed by atoms with Gasteiger partial charge in [-0.25, -0.2) is 4.39 Å². The van der Waals surface area contributed by atoms with E-state index in [1.54, 1.807) is 4.90 Å². The van der Waals surface area contributed by atoms with Gasteiger partial charge >= 0.3 is 0 Å². The summed E-state index contributed by atoms with van der Waals surface area (Å²) < 4.78 is 30.3. The number of hydrogen-bond acceptors (Lipinski definition) is 7. The molecule has 186 valence electrons. The number of morpholine rings is 2. The summed E-state index contributed by atoms with van der Waals surface area (Å²) in [5.41, 5.74) is 0.465. The quantitative estimate of drug-likeness (QED) is 0.522. The van der Waals surface area contributed by atoms with Crippen LogP contribution in [0, 0.1) is 5.82 Å². The number of carbonyl (C=O) groups excluding carboxylic acids is 1. The Balaban J connectivity index is 1.58. The average molecular weight is 468 g/mol. The van der Waals surface area contributed by atoms with Gasteiger partial charge in [-0.3, -0.25) is 14.6 Å². The lowest BCUT2D eigenvalue weighted by molar-refractivity contribution is -0.0633. The molecular weight excluding hydrogens is 429 g/mol. The van der Waals surface area contributed by atoms with E-state index in [9.17, 15) is 14.3 Å². The van der Waals surface area contributed by atoms with E-state index in [-0.39, 0.29) is 23.9 Å². The van der Waals surface area contributed by atoms with Gasteiger partial charge in [0.2, 0.25) is 0 Å². The third-order valence-electron chi connectivity index (χ3n) is 5.91. The van der Waals surface area contributed by atoms with Crippen molar-refractivity contribution < 1.29 is 28.5 Å². The number of halogens is 1. The fourth-order valence-electron chi connectivity index (χ4n) is 4.09. The van der Waals surface area contributed by atoms with Gasteiger partial charge in [0.1, 0.15) is 5.82 Å². The second kappa shape index (κ2) is 13.3. The maximum absolute atomic E-state index is 13.4. The van der Waals surface area contributed by atoms with Crippen molar-refractivity contribution in [1.82, 2.24) is 14.7 Å². The van der Waals surface area contributed by atoms with Crippen LogP contribution in [0.4, 0.5) is 4.39 Å². The fourth-order valence-corrected chi connectivity index (χ4v) is 4.09. The lowest BCUT2D eigenvalue weighted by atomic mass is 10.1. The SMILES string of the molecule is CC(C)OC[C@@H](O)CN1CCO[C@H](CN(CCN2CCOCC2)C(=O)c2ccc(F)cc2)C1. The number of hydrogen-bond donors (Lipinski definition) is 1. The van der Waals surface area contributed by atoms with Crippen molar-refractivity contribution in [3.63, 3.8) is 0 Å². The topological polar surface area (TPSA) is 74.7 Å². The summed E-state index contributed by atoms with van der Waals surface area (Å²) in [6.45, 7) is 11.5. The molecule has 0 aromatic heterocycles. The minimum absolute atomic E-state index is 0.0783. The van der Waals surface area contributed by atoms with Gasteiger partial charge in [-0.05, 0) is 38.1 Å². The van der Waals surface area contributed by atoms with Crippen molar-refractivity contribution in [3.8, 4) is 0 Å². The number of nitrogens with zero attached hydrogens (tertiary/aromatic N) is 3. The summed E-state index contributed by atoms with van der Waals surface area (Å²) in [6.07, 6.45) is -0.648. The van der Waals surface area contributed by atoms with E-state index in [0.717, 1.165) is 26.2 Å². The molecule has 0 aliphatic carbocycles. The Labute approximate surface area is 196 Å². The smallest absolute Gasteiger partial charge is 0.253 e. The molecule has 2 heterocycles. The number of rotatable bonds is 11. The van der Waals surface area contributed by atoms with Crippen LogP contribution in [0.25, 0.3) is 0 Å². The summed E-state index contributed by atoms with van der Waals surface area (Å²) in [5.74, 6) is -0.493. The monoisotopic (exact) mass is 467 g/mol. The zero-order valence-corrected chi connectivity index (χ0v) is 19.8. The highest BCUT2D eigenvalue weighted by Gasteiger charge is 2.27. The lowest BCUT2D eigenvalue weighted by Gasteiger charge is -2.37. The zero-order valence-electron chi connectivity index (χ0n) is 19.8. The molecule has 0 radical (unpaired) electrons. The minimum atomic E-state index is -0.565. The van der Waals surface area contributed by atoms with E-state index in [2.05, 4.69) is 9.80 Å². The number of ether oxygens (including phenoxy) is 3. The van der Waals surface area contributed by atoms with Crippen molar-refractivity contribution in [1.29, 1.82) is 0 Å². The highest BCUT2D eigenvalue weighted by Crippen LogP contribution is 2.13. The molecule has 2 aliphatic heterocycles. The van der Waals surface area contributed by atoms with E-state index in [4.69, 9.17) is 14.2 Å². The first kappa shape index (κ1) is 26.0. The summed E-state index contributed by atoms with van der Waals surface area (Å²) in [6, 6.07) is 5.68. The highest BCUT2D eigenvalue weighted by molar-refractivity contribution is 5.94. The van der Waals surface area contributed by atoms with Crippen LogP contribution in [0.2, 0.25) is 0 Å². The first-order valence-electron chi connectivity index (χ1n) is 11.9. The standard InChI is InChI=1S/C24H38FN3O5/c1-19(2)33-18-22(29)15-27-11-14-32-23(16-27)17-28(8-7-26-9-12-31-13-10-26)24(30)20-3-5-21(25)6-4-20/h3-6,19,22-23,29H,7-18H2,1-2H3/t22-,23-/m0/s1. The van der Waals surface area contributed by atoms with Gasteiger partial charge in [-0.2, -0.15) is 0 Å². The van der Waals surface area contributed by atoms with Gasteiger partial charge in [-0.15, -0.1) is 0 Å². The van der Waals surface area contributed by atoms with Gasteiger partial charge in [0.15, 0.2) is 0 Å². The number of aliphatic hydroxyl groups excluding tert-OH is 1. The van der Waals surface area contributed by atoms with Crippen molar-refractivity contribution in [2.24, 2.45) is 0 Å². The Kier molecular flexibility index (Phi) is 10.5. The summed E-state index contributed by atoms with van der Waals surface area (Å²) >= 11 is 0. The number of amides is 1. The molecule has 0 bridgehead atoms. The van der Waals surface area contributed by atoms with Gasteiger partial charge in [0.25, 0.3) is 5.91 Å². The molecule has 8 nitrogen and oxygen atoms in total. The molecular formula is C24H38FN3O5. The molecule has 0 saturated carbocycles. The molecule has 1 aromatic carbocycles. The second-order valence-corrected chi connectivity index (χ2v) is 9.00. The first-order chi connectivity index (χ1) is 15.9. The fraction of sp³-hybridized carbons (Fsp3) is 0.708. The molecule has 0 spiro atoms. The number of carbonyl (C=O) groups is 1. The maximum Gasteiger partial charge on any atom is 0.253 e. The lowest BCUT2D eigenvalue weighted by Crippen LogP contribution is -2.52. The zero-order chi connectivity index (χ0) is 23.6. The second-order valence-electron chi connectivity index (χ2n) is 9.00. The molecule has 0 unspecified atom stereocenters. The Hall–Kier alpha value is -1.62. The molecule has 9 heteroatoms. The number of β-amino-alcohol motifs (C(OH)–C–C–N with tert-alkyl or cyclic N) is 1. The van der Waals surface area contributed by atoms with Crippen LogP contribution < -0.4 is 0 Å². The predicted octanol–water partition coefficient (Wildman–Crippen LogP) is 1.09. The van der Waals surface area contributed by atoms with Gasteiger partial charge in [0.05, 0.1) is 44.7 Å². The predicted molar refractivity (Wildman–Crippen MR) is 123 cm³/mol. The third-order valence-corrected chi connectivity index (χ3v) is 5.91. The van der Waals surface area contributed by atoms with Crippen LogP contribution >= 0.6 is 0 Å². The van der Waals surface area contributed by atoms with Crippen molar-refractivity contribution in [3.05, 3.63) is 35.6 Å². The van der Waals surface area contributed by atoms with Crippen molar-refractivity contribution >= 4 is 5.91 Å². The van der Waals surface area contributed by atoms with Crippen molar-refractivity contribution in [2.75, 3.05) is 78.8 Å². The summed E-state index contributed by atoms with van der Waals surface area (Å²) in [4.78, 5) is 19.5. The maximum atomic E-state index is 13.4. The molecule has 1 N–H and O–H groups in total. The van der Waals surface area contributed by atoms with Crippen molar-refractivity contribution in [2.45, 2.75) is 32.2 Å². The Morgan fingerprint density at radius 1 is 1.18 bits per heavy atom. The molecule has 1 aromatic rings. The van der Waals surface area contributed by atoms with Crippen LogP contribution in [0.1, 0.15) is 24.2 Å². The van der Waals surface area contributed by atoms with E-state index in [1.807, 2.05) is 13.8 Å². The van der Waals surface area contributed by atoms with Crippen LogP contribution in [0.15, 0.2) is 24.3 Å². The Morgan fingerprint density at radius 3 is 2.58 bits per heavy atom. The summed E-state index contributed by atoms with van der Waals surface area (Å²) in [7, 11) is 0. The molecule has 1 amide bonds. The van der Waals surface area contributed by atoms with Gasteiger partial charge in [-0.1, -0.05) is 0 Å². The molecule has 33 heavy (non-hydrogen) atoms. The molecule has 2 fully saturated rings. The first-order valence-corrected chi connectivity index (χ1v) is 11.9. The Bertz CT molecular complexity index is 715. The largest absolute Gasteiger partial charge is 0.389 e. The number of benzene rings is 1. The molecule has 2 aliphatic rings. The van der Waals surface area contributed by atoms with E-state index < -0.39 is 6.10 Å². The van der Waals surface area contributed by atoms with E-state index >= 15 is 0 Å². The van der Waals surface area contributed by atoms with E-state index in [0.29, 0.717) is 58.2 Å². The van der Waals surface area contributed by atoms with Gasteiger partial charge in [0, 0.05) is 57.9 Å². The van der Waals surface area contributed by atoms with Crippen LogP contribution in [-0.2, 0) is 14.2 Å². The molecule has 2 atom stereocenters. The normalized spacial score (nSPS) is 21.3. The number of aliphatic hydroxyl groups is 1. The molecule has 2 saturated heterocycles. The van der Waals surface area contributed by atoms with E-state index in [1.165, 1.54) is 24.3 Å². The van der Waals surface area contributed by atoms with Crippen LogP contribution in [-0.4, -0.2) is 123 Å². The average Bonchev–Trinajstić information content (AvgIpc) is 2.81. The summed E-state index contributed by atoms with van der Waals surface area (Å²) in [5, 5.41) is 10.3. The minimum Gasteiger partial charge on any atom is -0.389 e. The Morgan fingerprint density at radius 2 is 1.88 bits per heavy atom. The van der Waals surface area contributed by atoms with Crippen LogP contribution in [0.3, 0.4) is 0 Å². The molecule has 3 rings (SSSR count). The van der Waals surface area contributed by atoms with Crippen LogP contribution in [0.5, 0.6) is 0 Å². The third kappa shape index (κ3) is 8.92. The highest BCUT2D eigenvalue weighted by atomic mass is 19.1.